The lowest BCUT2D eigenvalue weighted by Crippen LogP contribution is -2.27. The number of rotatable bonds is 8. The molecule has 0 rings (SSSR count). The van der Waals surface area contributed by atoms with Crippen LogP contribution in [-0.4, -0.2) is 43.9 Å². The van der Waals surface area contributed by atoms with Gasteiger partial charge in [-0.1, -0.05) is 0 Å². The summed E-state index contributed by atoms with van der Waals surface area (Å²) in [5.41, 5.74) is 0. The molecule has 8 heteroatoms. The summed E-state index contributed by atoms with van der Waals surface area (Å²) in [6, 6.07) is 0. The van der Waals surface area contributed by atoms with Crippen LogP contribution in [0.4, 0.5) is 0 Å². The van der Waals surface area contributed by atoms with Gasteiger partial charge in [0.05, 0.1) is 5.25 Å². The molecule has 0 heterocycles. The zero-order chi connectivity index (χ0) is 12.6. The highest BCUT2D eigenvalue weighted by atomic mass is 32.7. The van der Waals surface area contributed by atoms with Crippen LogP contribution < -0.4 is 5.32 Å². The molecule has 0 aliphatic carbocycles. The molecule has 1 amide bonds. The fraction of sp³-hybridized carbons (Fsp3) is 0.875. The minimum atomic E-state index is -2.97. The van der Waals surface area contributed by atoms with Gasteiger partial charge in [-0.25, -0.2) is 4.57 Å². The third-order valence-corrected chi connectivity index (χ3v) is 7.16. The van der Waals surface area contributed by atoms with Gasteiger partial charge >= 0.3 is 6.80 Å². The Hall–Kier alpha value is 0.320. The normalized spacial score (nSPS) is 13.5. The Morgan fingerprint density at radius 3 is 2.38 bits per heavy atom. The maximum Gasteiger partial charge on any atom is 0.388 e. The van der Waals surface area contributed by atoms with Crippen molar-refractivity contribution in [1.82, 2.24) is 5.32 Å². The molecule has 0 saturated carbocycles. The van der Waals surface area contributed by atoms with E-state index in [1.165, 1.54) is 26.0 Å². The molecule has 0 aliphatic heterocycles. The minimum absolute atomic E-state index is 0.00309. The molecule has 0 aromatic heterocycles. The summed E-state index contributed by atoms with van der Waals surface area (Å²) < 4.78 is 21.2. The quantitative estimate of drug-likeness (QED) is 0.544. The zero-order valence-corrected chi connectivity index (χ0v) is 12.4. The van der Waals surface area contributed by atoms with Gasteiger partial charge in [-0.15, -0.1) is 11.8 Å². The molecule has 0 radical (unpaired) electrons. The molecule has 1 N–H and O–H groups in total. The summed E-state index contributed by atoms with van der Waals surface area (Å²) in [6.07, 6.45) is 0. The third kappa shape index (κ3) is 6.15. The van der Waals surface area contributed by atoms with Crippen molar-refractivity contribution in [2.75, 3.05) is 32.8 Å². The number of carbonyl (C=O) groups excluding carboxylic acids is 1. The third-order valence-electron chi connectivity index (χ3n) is 1.76. The Kier molecular flexibility index (Phi) is 8.58. The topological polar surface area (TPSA) is 64.6 Å². The lowest BCUT2D eigenvalue weighted by Gasteiger charge is -2.13. The highest BCUT2D eigenvalue weighted by Gasteiger charge is 2.21. The largest absolute Gasteiger partial charge is 0.388 e. The first kappa shape index (κ1) is 16.3. The Labute approximate surface area is 105 Å². The van der Waals surface area contributed by atoms with Gasteiger partial charge in [-0.2, -0.15) is 0 Å². The van der Waals surface area contributed by atoms with E-state index in [0.717, 1.165) is 17.1 Å². The molecule has 0 saturated heterocycles. The van der Waals surface area contributed by atoms with Crippen LogP contribution in [0.1, 0.15) is 6.92 Å². The van der Waals surface area contributed by atoms with Crippen molar-refractivity contribution in [3.8, 4) is 0 Å². The van der Waals surface area contributed by atoms with Crippen LogP contribution in [0.5, 0.6) is 0 Å². The first-order chi connectivity index (χ1) is 7.49. The highest BCUT2D eigenvalue weighted by Crippen LogP contribution is 2.59. The van der Waals surface area contributed by atoms with Gasteiger partial charge in [0.1, 0.15) is 0 Å². The summed E-state index contributed by atoms with van der Waals surface area (Å²) >= 11 is 2.65. The Morgan fingerprint density at radius 1 is 1.38 bits per heavy atom. The molecule has 0 bridgehead atoms. The van der Waals surface area contributed by atoms with Gasteiger partial charge in [0.2, 0.25) is 5.91 Å². The average Bonchev–Trinajstić information content (AvgIpc) is 2.32. The Balaban J connectivity index is 3.76. The van der Waals surface area contributed by atoms with Gasteiger partial charge in [-0.3, -0.25) is 4.79 Å². The standard InChI is InChI=1S/C8H18NO4PS2/c1-7(8(10)9-2)15-5-6-16-14(11,12-3)13-4/h7H,5-6H2,1-4H3,(H,9,10)/t7-/m0/s1. The van der Waals surface area contributed by atoms with Gasteiger partial charge in [-0.05, 0) is 18.3 Å². The van der Waals surface area contributed by atoms with Crippen molar-refractivity contribution in [3.05, 3.63) is 0 Å². The van der Waals surface area contributed by atoms with Crippen molar-refractivity contribution in [2.45, 2.75) is 12.2 Å². The van der Waals surface area contributed by atoms with Crippen LogP contribution in [-0.2, 0) is 18.4 Å². The monoisotopic (exact) mass is 287 g/mol. The number of nitrogens with one attached hydrogen (secondary N) is 1. The molecule has 0 aromatic carbocycles. The van der Waals surface area contributed by atoms with Crippen LogP contribution in [0.15, 0.2) is 0 Å². The fourth-order valence-corrected chi connectivity index (χ4v) is 4.70. The summed E-state index contributed by atoms with van der Waals surface area (Å²) in [5, 5.41) is 2.47. The first-order valence-electron chi connectivity index (χ1n) is 4.68. The number of amides is 1. The number of hydrogen-bond acceptors (Lipinski definition) is 6. The molecule has 0 aromatic rings. The van der Waals surface area contributed by atoms with Crippen molar-refractivity contribution in [3.63, 3.8) is 0 Å². The van der Waals surface area contributed by atoms with Gasteiger partial charge in [0.15, 0.2) is 0 Å². The SMILES string of the molecule is CNC(=O)[C@H](C)SCCSP(=O)(OC)OC. The van der Waals surface area contributed by atoms with E-state index in [2.05, 4.69) is 5.32 Å². The molecule has 0 spiro atoms. The van der Waals surface area contributed by atoms with E-state index >= 15 is 0 Å². The van der Waals surface area contributed by atoms with E-state index in [4.69, 9.17) is 9.05 Å². The molecule has 96 valence electrons. The van der Waals surface area contributed by atoms with Crippen molar-refractivity contribution >= 4 is 35.8 Å². The second-order valence-electron chi connectivity index (χ2n) is 2.77. The van der Waals surface area contributed by atoms with E-state index in [9.17, 15) is 9.36 Å². The van der Waals surface area contributed by atoms with Crippen LogP contribution in [0, 0.1) is 0 Å². The Bertz CT molecular complexity index is 256. The van der Waals surface area contributed by atoms with E-state index in [0.29, 0.717) is 5.75 Å². The van der Waals surface area contributed by atoms with Gasteiger partial charge in [0.25, 0.3) is 0 Å². The number of thioether (sulfide) groups is 1. The van der Waals surface area contributed by atoms with Crippen molar-refractivity contribution < 1.29 is 18.4 Å². The molecule has 0 unspecified atom stereocenters. The predicted octanol–water partition coefficient (Wildman–Crippen LogP) is 1.99. The highest BCUT2D eigenvalue weighted by molar-refractivity contribution is 8.55. The first-order valence-corrected chi connectivity index (χ1v) is 8.86. The maximum absolute atomic E-state index is 11.6. The van der Waals surface area contributed by atoms with E-state index in [-0.39, 0.29) is 11.2 Å². The Morgan fingerprint density at radius 2 is 1.94 bits per heavy atom. The number of carbonyl (C=O) groups is 1. The number of hydrogen-bond donors (Lipinski definition) is 1. The lowest BCUT2D eigenvalue weighted by atomic mass is 10.4. The molecule has 16 heavy (non-hydrogen) atoms. The summed E-state index contributed by atoms with van der Waals surface area (Å²) in [5.74, 6) is 1.33. The maximum atomic E-state index is 11.6. The molecule has 0 aliphatic rings. The summed E-state index contributed by atoms with van der Waals surface area (Å²) in [7, 11) is 4.33. The smallest absolute Gasteiger partial charge is 0.358 e. The summed E-state index contributed by atoms with van der Waals surface area (Å²) in [4.78, 5) is 11.2. The molecule has 0 fully saturated rings. The molecule has 1 atom stereocenters. The second kappa shape index (κ2) is 8.42. The fourth-order valence-electron chi connectivity index (χ4n) is 0.833. The zero-order valence-electron chi connectivity index (χ0n) is 9.89. The van der Waals surface area contributed by atoms with Crippen LogP contribution in [0.2, 0.25) is 0 Å². The van der Waals surface area contributed by atoms with Gasteiger partial charge < -0.3 is 14.4 Å². The van der Waals surface area contributed by atoms with E-state index < -0.39 is 6.80 Å². The lowest BCUT2D eigenvalue weighted by molar-refractivity contribution is -0.119. The van der Waals surface area contributed by atoms with Crippen LogP contribution in [0.25, 0.3) is 0 Å². The second-order valence-corrected chi connectivity index (χ2v) is 8.63. The van der Waals surface area contributed by atoms with Crippen LogP contribution in [0.3, 0.4) is 0 Å². The van der Waals surface area contributed by atoms with E-state index in [1.807, 2.05) is 6.92 Å². The molecular weight excluding hydrogens is 269 g/mol. The molecule has 5 nitrogen and oxygen atoms in total. The predicted molar refractivity (Wildman–Crippen MR) is 70.1 cm³/mol. The minimum Gasteiger partial charge on any atom is -0.358 e. The van der Waals surface area contributed by atoms with Crippen molar-refractivity contribution in [2.24, 2.45) is 0 Å². The van der Waals surface area contributed by atoms with E-state index in [1.54, 1.807) is 7.05 Å². The summed E-state index contributed by atoms with van der Waals surface area (Å²) in [6.45, 7) is -1.14. The average molecular weight is 287 g/mol. The molecular formula is C8H18NO4PS2. The van der Waals surface area contributed by atoms with Crippen LogP contribution >= 0.6 is 29.9 Å². The van der Waals surface area contributed by atoms with Crippen molar-refractivity contribution in [1.29, 1.82) is 0 Å². The van der Waals surface area contributed by atoms with Gasteiger partial charge in [0, 0.05) is 32.8 Å².